The van der Waals surface area contributed by atoms with Crippen LogP contribution < -0.4 is 25.0 Å². The van der Waals surface area contributed by atoms with Crippen LogP contribution in [0.1, 0.15) is 42.2 Å². The second kappa shape index (κ2) is 6.74. The van der Waals surface area contributed by atoms with Gasteiger partial charge < -0.3 is 20.1 Å². The molecule has 2 aliphatic heterocycles. The van der Waals surface area contributed by atoms with Gasteiger partial charge >= 0.3 is 6.03 Å². The lowest BCUT2D eigenvalue weighted by Crippen LogP contribution is -2.65. The predicted molar refractivity (Wildman–Crippen MR) is 105 cm³/mol. The first-order valence-electron chi connectivity index (χ1n) is 9.34. The molecule has 7 heteroatoms. The van der Waals surface area contributed by atoms with Gasteiger partial charge in [0.05, 0.1) is 18.3 Å². The number of anilines is 1. The predicted octanol–water partition coefficient (Wildman–Crippen LogP) is 3.21. The Hall–Kier alpha value is -3.22. The lowest BCUT2D eigenvalue weighted by atomic mass is 9.89. The first-order chi connectivity index (χ1) is 13.5. The van der Waals surface area contributed by atoms with E-state index < -0.39 is 5.72 Å². The highest BCUT2D eigenvalue weighted by Gasteiger charge is 2.50. The summed E-state index contributed by atoms with van der Waals surface area (Å²) < 4.78 is 12.1. The number of para-hydroxylation sites is 1. The number of fused-ring (bicyclic) bond motifs is 4. The Morgan fingerprint density at radius 3 is 2.89 bits per heavy atom. The summed E-state index contributed by atoms with van der Waals surface area (Å²) in [5.41, 5.74) is 1.08. The molecule has 2 N–H and O–H groups in total. The normalized spacial score (nSPS) is 22.6. The standard InChI is InChI=1S/C21H23N3O4/c1-4-27-17-10-6-9-15-16-12-21(2,28-18(15)17)24(20(26)23-16)14-8-5-7-13(11-14)19(25)22-3/h5-11,16H,4,12H2,1-3H3,(H,22,25)(H,23,26)/t16?,21-/m1/s1. The third kappa shape index (κ3) is 2.83. The van der Waals surface area contributed by atoms with E-state index in [1.165, 1.54) is 0 Å². The van der Waals surface area contributed by atoms with Crippen molar-refractivity contribution in [1.29, 1.82) is 0 Å². The van der Waals surface area contributed by atoms with E-state index in [9.17, 15) is 9.59 Å². The maximum Gasteiger partial charge on any atom is 0.325 e. The topological polar surface area (TPSA) is 79.9 Å². The molecule has 1 fully saturated rings. The molecule has 4 rings (SSSR count). The largest absolute Gasteiger partial charge is 0.490 e. The van der Waals surface area contributed by atoms with Crippen LogP contribution in [0.2, 0.25) is 0 Å². The van der Waals surface area contributed by atoms with Crippen LogP contribution in [-0.2, 0) is 0 Å². The molecule has 0 spiro atoms. The van der Waals surface area contributed by atoms with Crippen LogP contribution in [0.5, 0.6) is 11.5 Å². The number of ether oxygens (including phenoxy) is 2. The fraction of sp³-hybridized carbons (Fsp3) is 0.333. The minimum Gasteiger partial charge on any atom is -0.490 e. The summed E-state index contributed by atoms with van der Waals surface area (Å²) in [5.74, 6) is 1.09. The lowest BCUT2D eigenvalue weighted by molar-refractivity contribution is 0.0343. The molecule has 146 valence electrons. The van der Waals surface area contributed by atoms with Gasteiger partial charge in [0.25, 0.3) is 5.91 Å². The molecule has 0 saturated carbocycles. The zero-order chi connectivity index (χ0) is 19.9. The minimum atomic E-state index is -0.908. The van der Waals surface area contributed by atoms with E-state index in [4.69, 9.17) is 9.47 Å². The number of nitrogens with one attached hydrogen (secondary N) is 2. The van der Waals surface area contributed by atoms with Gasteiger partial charge in [0.2, 0.25) is 0 Å². The number of carbonyl (C=O) groups excluding carboxylic acids is 2. The van der Waals surface area contributed by atoms with Gasteiger partial charge in [-0.1, -0.05) is 18.2 Å². The van der Waals surface area contributed by atoms with E-state index in [1.807, 2.05) is 32.0 Å². The second-order valence-corrected chi connectivity index (χ2v) is 7.06. The third-order valence-corrected chi connectivity index (χ3v) is 5.16. The fourth-order valence-corrected chi connectivity index (χ4v) is 3.95. The van der Waals surface area contributed by atoms with E-state index >= 15 is 0 Å². The molecule has 2 bridgehead atoms. The first-order valence-corrected chi connectivity index (χ1v) is 9.34. The van der Waals surface area contributed by atoms with Gasteiger partial charge in [-0.25, -0.2) is 4.79 Å². The van der Waals surface area contributed by atoms with Gasteiger partial charge in [0.15, 0.2) is 17.2 Å². The van der Waals surface area contributed by atoms with Gasteiger partial charge in [0.1, 0.15) is 0 Å². The summed E-state index contributed by atoms with van der Waals surface area (Å²) in [6.45, 7) is 4.32. The van der Waals surface area contributed by atoms with Gasteiger partial charge in [-0.15, -0.1) is 0 Å². The van der Waals surface area contributed by atoms with Crippen molar-refractivity contribution in [1.82, 2.24) is 10.6 Å². The molecular weight excluding hydrogens is 358 g/mol. The van der Waals surface area contributed by atoms with Gasteiger partial charge in [0, 0.05) is 24.6 Å². The average molecular weight is 381 g/mol. The Labute approximate surface area is 163 Å². The average Bonchev–Trinajstić information content (AvgIpc) is 2.68. The van der Waals surface area contributed by atoms with Gasteiger partial charge in [-0.05, 0) is 38.1 Å². The molecule has 1 saturated heterocycles. The number of hydrogen-bond acceptors (Lipinski definition) is 4. The van der Waals surface area contributed by atoms with Crippen molar-refractivity contribution in [3.63, 3.8) is 0 Å². The molecule has 0 radical (unpaired) electrons. The summed E-state index contributed by atoms with van der Waals surface area (Å²) >= 11 is 0. The van der Waals surface area contributed by atoms with E-state index in [0.29, 0.717) is 35.8 Å². The lowest BCUT2D eigenvalue weighted by Gasteiger charge is -2.50. The highest BCUT2D eigenvalue weighted by molar-refractivity contribution is 5.98. The molecule has 2 aromatic rings. The Morgan fingerprint density at radius 2 is 2.14 bits per heavy atom. The summed E-state index contributed by atoms with van der Waals surface area (Å²) in [6.07, 6.45) is 0.575. The van der Waals surface area contributed by atoms with Crippen molar-refractivity contribution >= 4 is 17.6 Å². The number of hydrogen-bond donors (Lipinski definition) is 2. The molecule has 2 aromatic carbocycles. The van der Waals surface area contributed by atoms with Crippen molar-refractivity contribution in [2.45, 2.75) is 32.0 Å². The summed E-state index contributed by atoms with van der Waals surface area (Å²) in [7, 11) is 1.57. The molecule has 2 heterocycles. The molecule has 1 unspecified atom stereocenters. The van der Waals surface area contributed by atoms with E-state index in [2.05, 4.69) is 10.6 Å². The Bertz CT molecular complexity index is 945. The molecule has 7 nitrogen and oxygen atoms in total. The van der Waals surface area contributed by atoms with E-state index in [1.54, 1.807) is 36.2 Å². The molecule has 3 amide bonds. The Morgan fingerprint density at radius 1 is 1.36 bits per heavy atom. The quantitative estimate of drug-likeness (QED) is 0.852. The van der Waals surface area contributed by atoms with Crippen molar-refractivity contribution in [2.75, 3.05) is 18.6 Å². The Kier molecular flexibility index (Phi) is 4.37. The van der Waals surface area contributed by atoms with E-state index in [-0.39, 0.29) is 18.0 Å². The van der Waals surface area contributed by atoms with Crippen LogP contribution in [0, 0.1) is 0 Å². The zero-order valence-electron chi connectivity index (χ0n) is 16.1. The number of amides is 3. The Balaban J connectivity index is 1.77. The smallest absolute Gasteiger partial charge is 0.325 e. The van der Waals surface area contributed by atoms with Crippen molar-refractivity contribution in [3.05, 3.63) is 53.6 Å². The number of benzene rings is 2. The molecule has 28 heavy (non-hydrogen) atoms. The van der Waals surface area contributed by atoms with Crippen molar-refractivity contribution in [3.8, 4) is 11.5 Å². The van der Waals surface area contributed by atoms with Crippen LogP contribution in [-0.4, -0.2) is 31.3 Å². The van der Waals surface area contributed by atoms with E-state index in [0.717, 1.165) is 5.56 Å². The maximum atomic E-state index is 13.0. The SMILES string of the molecule is CCOc1cccc2c1O[C@]1(C)CC2NC(=O)N1c1cccc(C(=O)NC)c1. The second-order valence-electron chi connectivity index (χ2n) is 7.06. The third-order valence-electron chi connectivity index (χ3n) is 5.16. The van der Waals surface area contributed by atoms with Gasteiger partial charge in [-0.3, -0.25) is 9.69 Å². The van der Waals surface area contributed by atoms with Crippen molar-refractivity contribution in [2.24, 2.45) is 0 Å². The molecule has 2 atom stereocenters. The van der Waals surface area contributed by atoms with Crippen LogP contribution in [0.3, 0.4) is 0 Å². The fourth-order valence-electron chi connectivity index (χ4n) is 3.95. The number of urea groups is 1. The monoisotopic (exact) mass is 381 g/mol. The van der Waals surface area contributed by atoms with Crippen LogP contribution in [0.4, 0.5) is 10.5 Å². The highest BCUT2D eigenvalue weighted by atomic mass is 16.5. The molecule has 0 aromatic heterocycles. The number of carbonyl (C=O) groups is 2. The number of nitrogens with zero attached hydrogens (tertiary/aromatic N) is 1. The van der Waals surface area contributed by atoms with Gasteiger partial charge in [-0.2, -0.15) is 0 Å². The maximum absolute atomic E-state index is 13.0. The summed E-state index contributed by atoms with van der Waals surface area (Å²) in [4.78, 5) is 26.6. The van der Waals surface area contributed by atoms with Crippen LogP contribution >= 0.6 is 0 Å². The van der Waals surface area contributed by atoms with Crippen LogP contribution in [0.15, 0.2) is 42.5 Å². The zero-order valence-corrected chi connectivity index (χ0v) is 16.1. The number of rotatable bonds is 4. The minimum absolute atomic E-state index is 0.167. The summed E-state index contributed by atoms with van der Waals surface area (Å²) in [5, 5.41) is 5.66. The summed E-state index contributed by atoms with van der Waals surface area (Å²) in [6, 6.07) is 12.2. The van der Waals surface area contributed by atoms with Crippen molar-refractivity contribution < 1.29 is 19.1 Å². The molecule has 0 aliphatic carbocycles. The highest BCUT2D eigenvalue weighted by Crippen LogP contribution is 2.49. The van der Waals surface area contributed by atoms with Crippen LogP contribution in [0.25, 0.3) is 0 Å². The molecular formula is C21H23N3O4. The molecule has 2 aliphatic rings. The first kappa shape index (κ1) is 18.2.